The fourth-order valence-corrected chi connectivity index (χ4v) is 3.32. The van der Waals surface area contributed by atoms with Crippen molar-refractivity contribution in [3.8, 4) is 6.07 Å². The van der Waals surface area contributed by atoms with Gasteiger partial charge >= 0.3 is 0 Å². The highest BCUT2D eigenvalue weighted by Crippen LogP contribution is 2.24. The van der Waals surface area contributed by atoms with Crippen LogP contribution in [0.1, 0.15) is 22.0 Å². The van der Waals surface area contributed by atoms with E-state index in [0.717, 1.165) is 10.0 Å². The lowest BCUT2D eigenvalue weighted by atomic mass is 10.1. The van der Waals surface area contributed by atoms with Crippen LogP contribution in [0.4, 0.5) is 0 Å². The molecule has 1 unspecified atom stereocenters. The number of aromatic nitrogens is 1. The average molecular weight is 385 g/mol. The maximum atomic E-state index is 12.5. The highest BCUT2D eigenvalue weighted by atomic mass is 79.9. The van der Waals surface area contributed by atoms with Gasteiger partial charge in [0.2, 0.25) is 0 Å². The van der Waals surface area contributed by atoms with Gasteiger partial charge in [-0.1, -0.05) is 28.1 Å². The van der Waals surface area contributed by atoms with Crippen molar-refractivity contribution < 1.29 is 4.79 Å². The van der Waals surface area contributed by atoms with Crippen molar-refractivity contribution in [2.24, 2.45) is 0 Å². The first kappa shape index (κ1) is 16.6. The van der Waals surface area contributed by atoms with Gasteiger partial charge in [-0.15, -0.1) is 0 Å². The van der Waals surface area contributed by atoms with Crippen LogP contribution >= 0.6 is 15.9 Å². The number of halogens is 1. The van der Waals surface area contributed by atoms with Crippen molar-refractivity contribution in [1.82, 2.24) is 14.8 Å². The van der Waals surface area contributed by atoms with Gasteiger partial charge in [-0.3, -0.25) is 14.7 Å². The second-order valence-corrected chi connectivity index (χ2v) is 6.57. The summed E-state index contributed by atoms with van der Waals surface area (Å²) in [5.41, 5.74) is 1.58. The number of pyridine rings is 1. The molecule has 1 amide bonds. The molecular formula is C18H17BrN4O. The average Bonchev–Trinajstić information content (AvgIpc) is 2.63. The zero-order valence-electron chi connectivity index (χ0n) is 13.1. The van der Waals surface area contributed by atoms with Gasteiger partial charge in [0.1, 0.15) is 6.04 Å². The first-order valence-electron chi connectivity index (χ1n) is 7.77. The summed E-state index contributed by atoms with van der Waals surface area (Å²) in [5, 5.41) is 9.58. The topological polar surface area (TPSA) is 60.2 Å². The van der Waals surface area contributed by atoms with Crippen molar-refractivity contribution in [2.45, 2.75) is 6.04 Å². The molecule has 0 radical (unpaired) electrons. The zero-order valence-corrected chi connectivity index (χ0v) is 14.7. The summed E-state index contributed by atoms with van der Waals surface area (Å²) in [7, 11) is 0. The Labute approximate surface area is 149 Å². The first-order valence-corrected chi connectivity index (χ1v) is 8.57. The molecule has 2 aromatic rings. The number of piperazine rings is 1. The van der Waals surface area contributed by atoms with E-state index >= 15 is 0 Å². The lowest BCUT2D eigenvalue weighted by molar-refractivity contribution is 0.0606. The van der Waals surface area contributed by atoms with Crippen molar-refractivity contribution in [3.05, 3.63) is 64.4 Å². The number of hydrogen-bond donors (Lipinski definition) is 0. The van der Waals surface area contributed by atoms with Gasteiger partial charge in [-0.05, 0) is 29.8 Å². The third kappa shape index (κ3) is 3.64. The standard InChI is InChI=1S/C18H17BrN4O/c19-16-5-1-3-14(11-16)17(12-20)22-7-9-23(10-8-22)18(24)15-4-2-6-21-13-15/h1-6,11,13,17H,7-10H2. The van der Waals surface area contributed by atoms with Gasteiger partial charge in [-0.2, -0.15) is 5.26 Å². The predicted molar refractivity (Wildman–Crippen MR) is 94.2 cm³/mol. The van der Waals surface area contributed by atoms with Crippen molar-refractivity contribution >= 4 is 21.8 Å². The minimum Gasteiger partial charge on any atom is -0.336 e. The maximum absolute atomic E-state index is 12.5. The summed E-state index contributed by atoms with van der Waals surface area (Å²) in [6, 6.07) is 13.5. The Morgan fingerprint density at radius 1 is 1.21 bits per heavy atom. The largest absolute Gasteiger partial charge is 0.336 e. The molecule has 5 nitrogen and oxygen atoms in total. The van der Waals surface area contributed by atoms with Crippen LogP contribution in [0.5, 0.6) is 0 Å². The Balaban J connectivity index is 1.66. The Morgan fingerprint density at radius 3 is 2.62 bits per heavy atom. The molecule has 24 heavy (non-hydrogen) atoms. The lowest BCUT2D eigenvalue weighted by Gasteiger charge is -2.37. The molecule has 6 heteroatoms. The monoisotopic (exact) mass is 384 g/mol. The van der Waals surface area contributed by atoms with E-state index in [2.05, 4.69) is 31.9 Å². The van der Waals surface area contributed by atoms with Crippen molar-refractivity contribution in [3.63, 3.8) is 0 Å². The Morgan fingerprint density at radius 2 is 2.00 bits per heavy atom. The molecule has 2 heterocycles. The van der Waals surface area contributed by atoms with Crippen LogP contribution in [-0.4, -0.2) is 46.9 Å². The summed E-state index contributed by atoms with van der Waals surface area (Å²) in [6.45, 7) is 2.58. The molecule has 1 aromatic carbocycles. The van der Waals surface area contributed by atoms with Gasteiger partial charge in [0, 0.05) is 43.0 Å². The molecule has 0 spiro atoms. The molecule has 1 aliphatic heterocycles. The summed E-state index contributed by atoms with van der Waals surface area (Å²) in [5.74, 6) is -0.00119. The molecular weight excluding hydrogens is 368 g/mol. The highest BCUT2D eigenvalue weighted by molar-refractivity contribution is 9.10. The number of nitrogens with zero attached hydrogens (tertiary/aromatic N) is 4. The van der Waals surface area contributed by atoms with Gasteiger partial charge in [-0.25, -0.2) is 0 Å². The van der Waals surface area contributed by atoms with Gasteiger partial charge in [0.05, 0.1) is 11.6 Å². The lowest BCUT2D eigenvalue weighted by Crippen LogP contribution is -2.49. The number of amides is 1. The summed E-state index contributed by atoms with van der Waals surface area (Å²) in [4.78, 5) is 20.4. The van der Waals surface area contributed by atoms with E-state index in [1.165, 1.54) is 0 Å². The van der Waals surface area contributed by atoms with Crippen LogP contribution in [0.2, 0.25) is 0 Å². The molecule has 0 saturated carbocycles. The normalized spacial score (nSPS) is 16.4. The van der Waals surface area contributed by atoms with E-state index in [1.807, 2.05) is 29.2 Å². The Bertz CT molecular complexity index is 751. The van der Waals surface area contributed by atoms with Gasteiger partial charge < -0.3 is 4.90 Å². The third-order valence-corrected chi connectivity index (χ3v) is 4.66. The molecule has 3 rings (SSSR count). The van der Waals surface area contributed by atoms with E-state index in [9.17, 15) is 10.1 Å². The minimum atomic E-state index is -0.293. The van der Waals surface area contributed by atoms with E-state index in [0.29, 0.717) is 31.7 Å². The molecule has 0 bridgehead atoms. The number of carbonyl (C=O) groups is 1. The number of hydrogen-bond acceptors (Lipinski definition) is 4. The molecule has 1 aliphatic rings. The number of nitriles is 1. The van der Waals surface area contributed by atoms with Crippen LogP contribution in [0, 0.1) is 11.3 Å². The van der Waals surface area contributed by atoms with Crippen molar-refractivity contribution in [2.75, 3.05) is 26.2 Å². The number of benzene rings is 1. The van der Waals surface area contributed by atoms with Crippen LogP contribution < -0.4 is 0 Å². The summed E-state index contributed by atoms with van der Waals surface area (Å²) >= 11 is 3.45. The van der Waals surface area contributed by atoms with E-state index in [4.69, 9.17) is 0 Å². The van der Waals surface area contributed by atoms with Crippen LogP contribution in [0.3, 0.4) is 0 Å². The maximum Gasteiger partial charge on any atom is 0.255 e. The Hall–Kier alpha value is -2.23. The number of carbonyl (C=O) groups excluding carboxylic acids is 1. The van der Waals surface area contributed by atoms with Gasteiger partial charge in [0.15, 0.2) is 0 Å². The molecule has 0 N–H and O–H groups in total. The fourth-order valence-electron chi connectivity index (χ4n) is 2.90. The van der Waals surface area contributed by atoms with Crippen LogP contribution in [-0.2, 0) is 0 Å². The zero-order chi connectivity index (χ0) is 16.9. The fraction of sp³-hybridized carbons (Fsp3) is 0.278. The third-order valence-electron chi connectivity index (χ3n) is 4.16. The molecule has 1 atom stereocenters. The minimum absolute atomic E-state index is 0.00119. The molecule has 1 fully saturated rings. The second kappa shape index (κ2) is 7.56. The highest BCUT2D eigenvalue weighted by Gasteiger charge is 2.27. The van der Waals surface area contributed by atoms with E-state index in [1.54, 1.807) is 24.5 Å². The van der Waals surface area contributed by atoms with Gasteiger partial charge in [0.25, 0.3) is 5.91 Å². The second-order valence-electron chi connectivity index (χ2n) is 5.66. The molecule has 122 valence electrons. The molecule has 0 aliphatic carbocycles. The van der Waals surface area contributed by atoms with Crippen LogP contribution in [0.15, 0.2) is 53.3 Å². The molecule has 1 saturated heterocycles. The predicted octanol–water partition coefficient (Wildman–Crippen LogP) is 2.87. The number of rotatable bonds is 3. The first-order chi connectivity index (χ1) is 11.7. The summed E-state index contributed by atoms with van der Waals surface area (Å²) < 4.78 is 0.964. The summed E-state index contributed by atoms with van der Waals surface area (Å²) in [6.07, 6.45) is 3.25. The Kier molecular flexibility index (Phi) is 5.24. The van der Waals surface area contributed by atoms with Crippen molar-refractivity contribution in [1.29, 1.82) is 5.26 Å². The smallest absolute Gasteiger partial charge is 0.255 e. The van der Waals surface area contributed by atoms with Crippen LogP contribution in [0.25, 0.3) is 0 Å². The van der Waals surface area contributed by atoms with E-state index in [-0.39, 0.29) is 11.9 Å². The quantitative estimate of drug-likeness (QED) is 0.815. The molecule has 1 aromatic heterocycles. The van der Waals surface area contributed by atoms with E-state index < -0.39 is 0 Å². The SMILES string of the molecule is N#CC(c1cccc(Br)c1)N1CCN(C(=O)c2cccnc2)CC1.